The van der Waals surface area contributed by atoms with Gasteiger partial charge in [0.15, 0.2) is 11.6 Å². The second kappa shape index (κ2) is 6.01. The summed E-state index contributed by atoms with van der Waals surface area (Å²) in [6, 6.07) is 5.59. The zero-order chi connectivity index (χ0) is 13.0. The summed E-state index contributed by atoms with van der Waals surface area (Å²) in [6.45, 7) is 8.58. The Balaban J connectivity index is 2.78. The van der Waals surface area contributed by atoms with E-state index in [2.05, 4.69) is 33.0 Å². The average Bonchev–Trinajstić information content (AvgIpc) is 2.29. The second-order valence-corrected chi connectivity index (χ2v) is 4.82. The van der Waals surface area contributed by atoms with Gasteiger partial charge in [-0.3, -0.25) is 0 Å². The molecule has 0 fully saturated rings. The summed E-state index contributed by atoms with van der Waals surface area (Å²) in [6.07, 6.45) is 0. The normalized spacial score (nSPS) is 14.8. The zero-order valence-electron chi connectivity index (χ0n) is 11.3. The van der Waals surface area contributed by atoms with E-state index in [1.54, 1.807) is 12.1 Å². The lowest BCUT2D eigenvalue weighted by atomic mass is 10.0. The monoisotopic (exact) mass is 239 g/mol. The summed E-state index contributed by atoms with van der Waals surface area (Å²) in [7, 11) is 1.48. The number of ether oxygens (including phenoxy) is 1. The molecule has 2 atom stereocenters. The van der Waals surface area contributed by atoms with Crippen molar-refractivity contribution in [2.45, 2.75) is 39.8 Å². The summed E-state index contributed by atoms with van der Waals surface area (Å²) >= 11 is 0. The van der Waals surface area contributed by atoms with Gasteiger partial charge < -0.3 is 10.1 Å². The minimum absolute atomic E-state index is 0.182. The van der Waals surface area contributed by atoms with Crippen molar-refractivity contribution in [3.8, 4) is 5.75 Å². The van der Waals surface area contributed by atoms with E-state index in [1.165, 1.54) is 13.2 Å². The van der Waals surface area contributed by atoms with Crippen molar-refractivity contribution in [2.24, 2.45) is 5.92 Å². The van der Waals surface area contributed by atoms with Crippen LogP contribution in [0.5, 0.6) is 5.75 Å². The highest BCUT2D eigenvalue weighted by Gasteiger charge is 2.13. The van der Waals surface area contributed by atoms with E-state index in [4.69, 9.17) is 4.74 Å². The Bertz CT molecular complexity index is 365. The number of methoxy groups -OCH3 is 1. The van der Waals surface area contributed by atoms with E-state index in [1.807, 2.05) is 0 Å². The Labute approximate surface area is 103 Å². The third-order valence-corrected chi connectivity index (χ3v) is 3.19. The predicted molar refractivity (Wildman–Crippen MR) is 68.8 cm³/mol. The van der Waals surface area contributed by atoms with E-state index in [0.29, 0.717) is 17.7 Å². The second-order valence-electron chi connectivity index (χ2n) is 4.82. The van der Waals surface area contributed by atoms with Crippen molar-refractivity contribution < 1.29 is 9.13 Å². The molecule has 2 unspecified atom stereocenters. The van der Waals surface area contributed by atoms with Gasteiger partial charge in [-0.1, -0.05) is 19.9 Å². The van der Waals surface area contributed by atoms with Gasteiger partial charge in [0, 0.05) is 12.1 Å². The fraction of sp³-hybridized carbons (Fsp3) is 0.571. The van der Waals surface area contributed by atoms with Crippen LogP contribution in [0.25, 0.3) is 0 Å². The molecule has 0 heterocycles. The summed E-state index contributed by atoms with van der Waals surface area (Å²) in [5.74, 6) is 0.550. The van der Waals surface area contributed by atoms with Crippen LogP contribution in [0.4, 0.5) is 4.39 Å². The molecule has 0 amide bonds. The minimum atomic E-state index is -0.319. The van der Waals surface area contributed by atoms with E-state index in [0.717, 1.165) is 5.56 Å². The smallest absolute Gasteiger partial charge is 0.165 e. The molecule has 0 bridgehead atoms. The first-order valence-electron chi connectivity index (χ1n) is 6.05. The summed E-state index contributed by atoms with van der Waals surface area (Å²) in [5.41, 5.74) is 1.04. The maximum absolute atomic E-state index is 13.3. The van der Waals surface area contributed by atoms with Crippen molar-refractivity contribution in [2.75, 3.05) is 7.11 Å². The zero-order valence-corrected chi connectivity index (χ0v) is 11.3. The molecule has 1 rings (SSSR count). The topological polar surface area (TPSA) is 21.3 Å². The molecule has 0 aliphatic heterocycles. The fourth-order valence-electron chi connectivity index (χ4n) is 1.63. The average molecular weight is 239 g/mol. The number of benzene rings is 1. The number of nitrogens with one attached hydrogen (secondary N) is 1. The molecule has 2 nitrogen and oxygen atoms in total. The molecule has 0 saturated carbocycles. The highest BCUT2D eigenvalue weighted by molar-refractivity contribution is 5.31. The molecule has 0 aliphatic rings. The SMILES string of the molecule is COc1cc(C(C)NC(C)C(C)C)ccc1F. The molecule has 1 aromatic carbocycles. The molecule has 17 heavy (non-hydrogen) atoms. The van der Waals surface area contributed by atoms with Crippen LogP contribution in [0.1, 0.15) is 39.3 Å². The Morgan fingerprint density at radius 1 is 1.18 bits per heavy atom. The molecule has 96 valence electrons. The van der Waals surface area contributed by atoms with Gasteiger partial charge in [-0.25, -0.2) is 4.39 Å². The maximum Gasteiger partial charge on any atom is 0.165 e. The van der Waals surface area contributed by atoms with Gasteiger partial charge in [-0.2, -0.15) is 0 Å². The Hall–Kier alpha value is -1.09. The van der Waals surface area contributed by atoms with Gasteiger partial charge in [-0.15, -0.1) is 0 Å². The highest BCUT2D eigenvalue weighted by atomic mass is 19.1. The van der Waals surface area contributed by atoms with E-state index in [-0.39, 0.29) is 11.9 Å². The standard InChI is InChI=1S/C14H22FNO/c1-9(2)10(3)16-11(4)12-6-7-13(15)14(8-12)17-5/h6-11,16H,1-5H3. The van der Waals surface area contributed by atoms with Crippen LogP contribution in [-0.4, -0.2) is 13.2 Å². The molecule has 0 radical (unpaired) electrons. The van der Waals surface area contributed by atoms with E-state index < -0.39 is 0 Å². The van der Waals surface area contributed by atoms with E-state index >= 15 is 0 Å². The molecular formula is C14H22FNO. The lowest BCUT2D eigenvalue weighted by molar-refractivity contribution is 0.376. The van der Waals surface area contributed by atoms with Crippen LogP contribution in [0.2, 0.25) is 0 Å². The van der Waals surface area contributed by atoms with Crippen molar-refractivity contribution in [1.82, 2.24) is 5.32 Å². The van der Waals surface area contributed by atoms with Crippen LogP contribution in [0.15, 0.2) is 18.2 Å². The van der Waals surface area contributed by atoms with Gasteiger partial charge in [0.1, 0.15) is 0 Å². The number of rotatable bonds is 5. The van der Waals surface area contributed by atoms with Gasteiger partial charge in [0.05, 0.1) is 7.11 Å². The van der Waals surface area contributed by atoms with E-state index in [9.17, 15) is 4.39 Å². The molecule has 3 heteroatoms. The third-order valence-electron chi connectivity index (χ3n) is 3.19. The Morgan fingerprint density at radius 2 is 1.82 bits per heavy atom. The largest absolute Gasteiger partial charge is 0.494 e. The molecule has 1 aromatic rings. The van der Waals surface area contributed by atoms with Crippen LogP contribution >= 0.6 is 0 Å². The van der Waals surface area contributed by atoms with Crippen molar-refractivity contribution in [1.29, 1.82) is 0 Å². The molecule has 0 aliphatic carbocycles. The molecule has 0 aromatic heterocycles. The third kappa shape index (κ3) is 3.70. The van der Waals surface area contributed by atoms with Crippen LogP contribution in [0, 0.1) is 11.7 Å². The lowest BCUT2D eigenvalue weighted by Crippen LogP contribution is -2.33. The van der Waals surface area contributed by atoms with Crippen molar-refractivity contribution in [3.63, 3.8) is 0 Å². The van der Waals surface area contributed by atoms with Crippen molar-refractivity contribution >= 4 is 0 Å². The van der Waals surface area contributed by atoms with Crippen LogP contribution in [0.3, 0.4) is 0 Å². The van der Waals surface area contributed by atoms with Crippen LogP contribution in [-0.2, 0) is 0 Å². The first-order chi connectivity index (χ1) is 7.95. The molecule has 0 saturated heterocycles. The minimum Gasteiger partial charge on any atom is -0.494 e. The maximum atomic E-state index is 13.3. The number of halogens is 1. The summed E-state index contributed by atoms with van der Waals surface area (Å²) < 4.78 is 18.3. The number of hydrogen-bond donors (Lipinski definition) is 1. The van der Waals surface area contributed by atoms with Gasteiger partial charge in [0.25, 0.3) is 0 Å². The Kier molecular flexibility index (Phi) is 4.94. The summed E-state index contributed by atoms with van der Waals surface area (Å²) in [5, 5.41) is 3.49. The van der Waals surface area contributed by atoms with Gasteiger partial charge in [-0.05, 0) is 37.5 Å². The van der Waals surface area contributed by atoms with Crippen LogP contribution < -0.4 is 10.1 Å². The van der Waals surface area contributed by atoms with Gasteiger partial charge >= 0.3 is 0 Å². The fourth-order valence-corrected chi connectivity index (χ4v) is 1.63. The van der Waals surface area contributed by atoms with Crippen molar-refractivity contribution in [3.05, 3.63) is 29.6 Å². The molecule has 1 N–H and O–H groups in total. The quantitative estimate of drug-likeness (QED) is 0.848. The van der Waals surface area contributed by atoms with Gasteiger partial charge in [0.2, 0.25) is 0 Å². The summed E-state index contributed by atoms with van der Waals surface area (Å²) in [4.78, 5) is 0. The first-order valence-corrected chi connectivity index (χ1v) is 6.05. The number of hydrogen-bond acceptors (Lipinski definition) is 2. The highest BCUT2D eigenvalue weighted by Crippen LogP contribution is 2.23. The first kappa shape index (κ1) is 14.0. The Morgan fingerprint density at radius 3 is 2.35 bits per heavy atom. The molecular weight excluding hydrogens is 217 g/mol. The lowest BCUT2D eigenvalue weighted by Gasteiger charge is -2.23. The predicted octanol–water partition coefficient (Wildman–Crippen LogP) is 3.53. The molecule has 0 spiro atoms.